The number of rotatable bonds is 6. The van der Waals surface area contributed by atoms with Crippen LogP contribution in [0.15, 0.2) is 97.1 Å². The quantitative estimate of drug-likeness (QED) is 0.278. The van der Waals surface area contributed by atoms with Gasteiger partial charge in [-0.05, 0) is 50.0 Å². The molecule has 1 saturated heterocycles. The summed E-state index contributed by atoms with van der Waals surface area (Å²) in [6.07, 6.45) is 0. The highest BCUT2D eigenvalue weighted by molar-refractivity contribution is 6.08. The summed E-state index contributed by atoms with van der Waals surface area (Å²) in [5.74, 6) is 0.0806. The number of ether oxygens (including phenoxy) is 1. The maximum Gasteiger partial charge on any atom is 0.254 e. The summed E-state index contributed by atoms with van der Waals surface area (Å²) in [5, 5.41) is 6.92. The lowest BCUT2D eigenvalue weighted by molar-refractivity contribution is 0.0321. The van der Waals surface area contributed by atoms with Gasteiger partial charge in [-0.3, -0.25) is 9.69 Å². The second-order valence-electron chi connectivity index (χ2n) is 9.50. The van der Waals surface area contributed by atoms with Gasteiger partial charge in [0.2, 0.25) is 0 Å². The van der Waals surface area contributed by atoms with E-state index in [4.69, 9.17) is 4.74 Å². The van der Waals surface area contributed by atoms with Crippen molar-refractivity contribution in [3.8, 4) is 0 Å². The van der Waals surface area contributed by atoms with Crippen molar-refractivity contribution < 1.29 is 9.53 Å². The third kappa shape index (κ3) is 4.46. The van der Waals surface area contributed by atoms with Gasteiger partial charge in [0.1, 0.15) is 0 Å². The lowest BCUT2D eigenvalue weighted by Gasteiger charge is -2.31. The van der Waals surface area contributed by atoms with Gasteiger partial charge in [-0.25, -0.2) is 0 Å². The van der Waals surface area contributed by atoms with Crippen molar-refractivity contribution in [2.75, 3.05) is 39.4 Å². The van der Waals surface area contributed by atoms with Crippen molar-refractivity contribution in [3.63, 3.8) is 0 Å². The molecule has 1 heterocycles. The van der Waals surface area contributed by atoms with Crippen LogP contribution in [0.2, 0.25) is 0 Å². The molecule has 0 radical (unpaired) electrons. The smallest absolute Gasteiger partial charge is 0.254 e. The molecule has 0 aliphatic carbocycles. The van der Waals surface area contributed by atoms with E-state index >= 15 is 0 Å². The average Bonchev–Trinajstić information content (AvgIpc) is 2.94. The van der Waals surface area contributed by atoms with Gasteiger partial charge in [0.05, 0.1) is 13.2 Å². The molecule has 6 rings (SSSR count). The topological polar surface area (TPSA) is 32.8 Å². The molecule has 1 amide bonds. The van der Waals surface area contributed by atoms with E-state index in [9.17, 15) is 4.79 Å². The average molecular weight is 475 g/mol. The van der Waals surface area contributed by atoms with E-state index in [1.54, 1.807) is 0 Å². The number of fused-ring (bicyclic) bond motifs is 3. The number of carbonyl (C=O) groups is 1. The van der Waals surface area contributed by atoms with Crippen molar-refractivity contribution in [2.24, 2.45) is 0 Å². The van der Waals surface area contributed by atoms with E-state index in [2.05, 4.69) is 77.7 Å². The third-order valence-corrected chi connectivity index (χ3v) is 7.33. The first-order valence-corrected chi connectivity index (χ1v) is 12.7. The minimum atomic E-state index is 0.0806. The summed E-state index contributed by atoms with van der Waals surface area (Å²) < 4.78 is 5.54. The largest absolute Gasteiger partial charge is 0.379 e. The molecule has 36 heavy (non-hydrogen) atoms. The lowest BCUT2D eigenvalue weighted by Crippen LogP contribution is -2.43. The Bertz CT molecular complexity index is 1480. The Morgan fingerprint density at radius 2 is 1.31 bits per heavy atom. The van der Waals surface area contributed by atoms with Gasteiger partial charge in [0, 0.05) is 38.3 Å². The molecule has 180 valence electrons. The van der Waals surface area contributed by atoms with Crippen LogP contribution in [-0.4, -0.2) is 55.1 Å². The Morgan fingerprint density at radius 3 is 2.00 bits per heavy atom. The van der Waals surface area contributed by atoms with Crippen LogP contribution in [0, 0.1) is 0 Å². The van der Waals surface area contributed by atoms with Crippen LogP contribution in [0.4, 0.5) is 0 Å². The van der Waals surface area contributed by atoms with Gasteiger partial charge in [-0.15, -0.1) is 0 Å². The van der Waals surface area contributed by atoms with E-state index in [0.717, 1.165) is 49.2 Å². The predicted octanol–water partition coefficient (Wildman–Crippen LogP) is 6.12. The summed E-state index contributed by atoms with van der Waals surface area (Å²) in [4.78, 5) is 18.6. The predicted molar refractivity (Wildman–Crippen MR) is 147 cm³/mol. The molecule has 5 aromatic rings. The number of benzene rings is 5. The molecule has 0 spiro atoms. The second-order valence-corrected chi connectivity index (χ2v) is 9.50. The molecule has 0 aromatic heterocycles. The van der Waals surface area contributed by atoms with Crippen LogP contribution in [-0.2, 0) is 11.3 Å². The Balaban J connectivity index is 1.43. The van der Waals surface area contributed by atoms with Gasteiger partial charge in [-0.2, -0.15) is 0 Å². The zero-order valence-corrected chi connectivity index (χ0v) is 20.4. The summed E-state index contributed by atoms with van der Waals surface area (Å²) in [7, 11) is 0. The Morgan fingerprint density at radius 1 is 0.722 bits per heavy atom. The van der Waals surface area contributed by atoms with Crippen LogP contribution >= 0.6 is 0 Å². The maximum absolute atomic E-state index is 14.2. The lowest BCUT2D eigenvalue weighted by atomic mass is 9.96. The summed E-state index contributed by atoms with van der Waals surface area (Å²) in [5.41, 5.74) is 1.97. The van der Waals surface area contributed by atoms with Gasteiger partial charge in [-0.1, -0.05) is 84.9 Å². The van der Waals surface area contributed by atoms with Crippen molar-refractivity contribution in [1.82, 2.24) is 9.80 Å². The molecule has 1 aliphatic rings. The van der Waals surface area contributed by atoms with Crippen LogP contribution < -0.4 is 0 Å². The summed E-state index contributed by atoms with van der Waals surface area (Å²) in [6, 6.07) is 33.5. The number of amides is 1. The molecular formula is C32H30N2O2. The van der Waals surface area contributed by atoms with Gasteiger partial charge < -0.3 is 9.64 Å². The summed E-state index contributed by atoms with van der Waals surface area (Å²) >= 11 is 0. The van der Waals surface area contributed by atoms with E-state index in [0.29, 0.717) is 13.1 Å². The molecule has 1 aliphatic heterocycles. The number of hydrogen-bond acceptors (Lipinski definition) is 3. The molecule has 0 saturated carbocycles. The molecule has 0 atom stereocenters. The maximum atomic E-state index is 14.2. The first kappa shape index (κ1) is 22.7. The van der Waals surface area contributed by atoms with E-state index in [-0.39, 0.29) is 5.91 Å². The van der Waals surface area contributed by atoms with Gasteiger partial charge >= 0.3 is 0 Å². The number of hydrogen-bond donors (Lipinski definition) is 0. The minimum absolute atomic E-state index is 0.0806. The van der Waals surface area contributed by atoms with Crippen molar-refractivity contribution >= 4 is 38.2 Å². The number of morpholine rings is 1. The number of nitrogens with zero attached hydrogens (tertiary/aromatic N) is 2. The fraction of sp³-hybridized carbons (Fsp3) is 0.219. The third-order valence-electron chi connectivity index (χ3n) is 7.33. The molecule has 0 N–H and O–H groups in total. The van der Waals surface area contributed by atoms with Crippen molar-refractivity contribution in [3.05, 3.63) is 108 Å². The standard InChI is InChI=1S/C32H30N2O2/c35-32(30-15-7-11-24-8-1-4-12-27(24)30)34(17-16-33-18-20-36-21-19-33)23-31-28-13-5-2-9-25(28)22-26-10-3-6-14-29(26)31/h1-15,22H,16-21,23H2. The molecular weight excluding hydrogens is 444 g/mol. The SMILES string of the molecule is O=C(c1cccc2ccccc12)N(CCN1CCOCC1)Cc1c2ccccc2cc2ccccc12. The monoisotopic (exact) mass is 474 g/mol. The second kappa shape index (κ2) is 10.1. The molecule has 1 fully saturated rings. The zero-order valence-electron chi connectivity index (χ0n) is 20.4. The van der Waals surface area contributed by atoms with Crippen LogP contribution in [0.3, 0.4) is 0 Å². The van der Waals surface area contributed by atoms with Gasteiger partial charge in [0.15, 0.2) is 0 Å². The molecule has 0 unspecified atom stereocenters. The van der Waals surface area contributed by atoms with Crippen molar-refractivity contribution in [1.29, 1.82) is 0 Å². The zero-order chi connectivity index (χ0) is 24.3. The Hall–Kier alpha value is -3.73. The fourth-order valence-electron chi connectivity index (χ4n) is 5.39. The van der Waals surface area contributed by atoms with Gasteiger partial charge in [0.25, 0.3) is 5.91 Å². The van der Waals surface area contributed by atoms with Crippen LogP contribution in [0.5, 0.6) is 0 Å². The normalized spacial score (nSPS) is 14.4. The molecule has 4 nitrogen and oxygen atoms in total. The minimum Gasteiger partial charge on any atom is -0.379 e. The molecule has 5 aromatic carbocycles. The molecule has 0 bridgehead atoms. The highest BCUT2D eigenvalue weighted by Gasteiger charge is 2.22. The molecule has 4 heteroatoms. The fourth-order valence-corrected chi connectivity index (χ4v) is 5.39. The first-order chi connectivity index (χ1) is 17.8. The Kier molecular flexibility index (Phi) is 6.37. The van der Waals surface area contributed by atoms with E-state index in [1.807, 2.05) is 29.2 Å². The Labute approximate surface area is 211 Å². The van der Waals surface area contributed by atoms with E-state index in [1.165, 1.54) is 27.1 Å². The highest BCUT2D eigenvalue weighted by atomic mass is 16.5. The van der Waals surface area contributed by atoms with Crippen molar-refractivity contribution in [2.45, 2.75) is 6.54 Å². The highest BCUT2D eigenvalue weighted by Crippen LogP contribution is 2.30. The number of carbonyl (C=O) groups excluding carboxylic acids is 1. The van der Waals surface area contributed by atoms with Crippen LogP contribution in [0.25, 0.3) is 32.3 Å². The van der Waals surface area contributed by atoms with Crippen LogP contribution in [0.1, 0.15) is 15.9 Å². The summed E-state index contributed by atoms with van der Waals surface area (Å²) in [6.45, 7) is 5.40. The van der Waals surface area contributed by atoms with E-state index < -0.39 is 0 Å². The first-order valence-electron chi connectivity index (χ1n) is 12.7.